The molecule has 1 heterocycles. The van der Waals surface area contributed by atoms with Crippen molar-refractivity contribution in [3.8, 4) is 5.75 Å². The van der Waals surface area contributed by atoms with E-state index >= 15 is 0 Å². The second-order valence-electron chi connectivity index (χ2n) is 5.84. The Morgan fingerprint density at radius 1 is 0.962 bits per heavy atom. The van der Waals surface area contributed by atoms with Crippen LogP contribution in [0.3, 0.4) is 0 Å². The highest BCUT2D eigenvalue weighted by atomic mass is 16.5. The molecule has 3 rings (SSSR count). The van der Waals surface area contributed by atoms with Crippen molar-refractivity contribution in [2.45, 2.75) is 13.0 Å². The highest BCUT2D eigenvalue weighted by molar-refractivity contribution is 5.91. The van der Waals surface area contributed by atoms with Crippen LogP contribution in [0.4, 0.5) is 11.5 Å². The van der Waals surface area contributed by atoms with Crippen molar-refractivity contribution in [3.05, 3.63) is 84.1 Å². The van der Waals surface area contributed by atoms with Crippen LogP contribution >= 0.6 is 0 Å². The topological polar surface area (TPSA) is 63.2 Å². The molecule has 0 aliphatic rings. The molecule has 0 saturated heterocycles. The summed E-state index contributed by atoms with van der Waals surface area (Å²) in [5.74, 6) is 1.30. The molecule has 0 radical (unpaired) electrons. The predicted octanol–water partition coefficient (Wildman–Crippen LogP) is 3.88. The standard InChI is InChI=1S/C21H21N3O2/c1-26-19-10-7-17(8-11-19)14-22-18-9-12-20(23-15-18)24-21(25)13-16-5-3-2-4-6-16/h2-12,15,22H,13-14H2,1H3,(H,23,24,25). The zero-order chi connectivity index (χ0) is 18.2. The second kappa shape index (κ2) is 8.67. The third-order valence-electron chi connectivity index (χ3n) is 3.89. The molecule has 0 unspecified atom stereocenters. The number of ether oxygens (including phenoxy) is 1. The summed E-state index contributed by atoms with van der Waals surface area (Å²) < 4.78 is 5.15. The number of hydrogen-bond donors (Lipinski definition) is 2. The molecule has 0 atom stereocenters. The van der Waals surface area contributed by atoms with Gasteiger partial charge in [0.1, 0.15) is 11.6 Å². The van der Waals surface area contributed by atoms with Crippen molar-refractivity contribution >= 4 is 17.4 Å². The quantitative estimate of drug-likeness (QED) is 0.681. The van der Waals surface area contributed by atoms with Crippen LogP contribution in [0.2, 0.25) is 0 Å². The van der Waals surface area contributed by atoms with Gasteiger partial charge in [0, 0.05) is 6.54 Å². The Labute approximate surface area is 153 Å². The van der Waals surface area contributed by atoms with Crippen LogP contribution in [0.5, 0.6) is 5.75 Å². The van der Waals surface area contributed by atoms with Crippen LogP contribution in [0, 0.1) is 0 Å². The van der Waals surface area contributed by atoms with E-state index in [9.17, 15) is 4.79 Å². The zero-order valence-electron chi connectivity index (χ0n) is 14.6. The Morgan fingerprint density at radius 2 is 1.73 bits per heavy atom. The van der Waals surface area contributed by atoms with Crippen LogP contribution in [-0.4, -0.2) is 18.0 Å². The average molecular weight is 347 g/mol. The number of carbonyl (C=O) groups excluding carboxylic acids is 1. The van der Waals surface area contributed by atoms with Gasteiger partial charge >= 0.3 is 0 Å². The highest BCUT2D eigenvalue weighted by Crippen LogP contribution is 2.14. The van der Waals surface area contributed by atoms with Gasteiger partial charge in [0.05, 0.1) is 25.4 Å². The van der Waals surface area contributed by atoms with E-state index in [4.69, 9.17) is 4.74 Å². The molecule has 0 fully saturated rings. The van der Waals surface area contributed by atoms with Crippen molar-refractivity contribution in [3.63, 3.8) is 0 Å². The Bertz CT molecular complexity index is 831. The lowest BCUT2D eigenvalue weighted by atomic mass is 10.1. The number of amides is 1. The summed E-state index contributed by atoms with van der Waals surface area (Å²) in [5.41, 5.74) is 3.01. The minimum absolute atomic E-state index is 0.0809. The molecule has 1 amide bonds. The molecule has 1 aromatic heterocycles. The molecular formula is C21H21N3O2. The predicted molar refractivity (Wildman–Crippen MR) is 103 cm³/mol. The molecule has 0 aliphatic carbocycles. The number of pyridine rings is 1. The fourth-order valence-electron chi connectivity index (χ4n) is 2.49. The molecule has 5 heteroatoms. The molecule has 0 saturated carbocycles. The number of nitrogens with one attached hydrogen (secondary N) is 2. The van der Waals surface area contributed by atoms with E-state index in [1.807, 2.05) is 60.7 Å². The molecule has 0 bridgehead atoms. The summed E-state index contributed by atoms with van der Waals surface area (Å²) in [4.78, 5) is 16.3. The molecule has 3 aromatic rings. The Morgan fingerprint density at radius 3 is 2.38 bits per heavy atom. The lowest BCUT2D eigenvalue weighted by molar-refractivity contribution is -0.115. The molecule has 0 aliphatic heterocycles. The van der Waals surface area contributed by atoms with E-state index in [1.54, 1.807) is 19.4 Å². The lowest BCUT2D eigenvalue weighted by Crippen LogP contribution is -2.15. The minimum atomic E-state index is -0.0809. The van der Waals surface area contributed by atoms with Gasteiger partial charge in [0.2, 0.25) is 5.91 Å². The number of benzene rings is 2. The summed E-state index contributed by atoms with van der Waals surface area (Å²) in [6, 6.07) is 21.2. The summed E-state index contributed by atoms with van der Waals surface area (Å²) in [5, 5.41) is 6.12. The summed E-state index contributed by atoms with van der Waals surface area (Å²) >= 11 is 0. The number of nitrogens with zero attached hydrogens (tertiary/aromatic N) is 1. The molecule has 0 spiro atoms. The van der Waals surface area contributed by atoms with E-state index in [0.717, 1.165) is 22.6 Å². The van der Waals surface area contributed by atoms with E-state index < -0.39 is 0 Å². The van der Waals surface area contributed by atoms with Gasteiger partial charge in [-0.05, 0) is 35.4 Å². The van der Waals surface area contributed by atoms with Gasteiger partial charge in [-0.2, -0.15) is 0 Å². The average Bonchev–Trinajstić information content (AvgIpc) is 2.68. The fourth-order valence-corrected chi connectivity index (χ4v) is 2.49. The smallest absolute Gasteiger partial charge is 0.229 e. The molecule has 2 aromatic carbocycles. The Kier molecular flexibility index (Phi) is 5.83. The Hall–Kier alpha value is -3.34. The SMILES string of the molecule is COc1ccc(CNc2ccc(NC(=O)Cc3ccccc3)nc2)cc1. The van der Waals surface area contributed by atoms with E-state index in [2.05, 4.69) is 15.6 Å². The maximum absolute atomic E-state index is 12.1. The number of aromatic nitrogens is 1. The minimum Gasteiger partial charge on any atom is -0.497 e. The van der Waals surface area contributed by atoms with Gasteiger partial charge in [-0.1, -0.05) is 42.5 Å². The first-order valence-electron chi connectivity index (χ1n) is 8.39. The number of methoxy groups -OCH3 is 1. The molecule has 26 heavy (non-hydrogen) atoms. The van der Waals surface area contributed by atoms with Gasteiger partial charge in [0.15, 0.2) is 0 Å². The van der Waals surface area contributed by atoms with Crippen LogP contribution < -0.4 is 15.4 Å². The molecule has 132 valence electrons. The van der Waals surface area contributed by atoms with Crippen molar-refractivity contribution in [2.75, 3.05) is 17.7 Å². The van der Waals surface area contributed by atoms with Gasteiger partial charge in [-0.3, -0.25) is 4.79 Å². The van der Waals surface area contributed by atoms with Gasteiger partial charge in [-0.15, -0.1) is 0 Å². The number of carbonyl (C=O) groups is 1. The van der Waals surface area contributed by atoms with Crippen molar-refractivity contribution < 1.29 is 9.53 Å². The summed E-state index contributed by atoms with van der Waals surface area (Å²) in [7, 11) is 1.65. The number of anilines is 2. The van der Waals surface area contributed by atoms with Crippen molar-refractivity contribution in [1.82, 2.24) is 4.98 Å². The van der Waals surface area contributed by atoms with Crippen LogP contribution in [0.15, 0.2) is 72.9 Å². The van der Waals surface area contributed by atoms with E-state index in [0.29, 0.717) is 18.8 Å². The first kappa shape index (κ1) is 17.5. The third-order valence-corrected chi connectivity index (χ3v) is 3.89. The van der Waals surface area contributed by atoms with Crippen LogP contribution in [0.1, 0.15) is 11.1 Å². The van der Waals surface area contributed by atoms with Gasteiger partial charge in [-0.25, -0.2) is 4.98 Å². The number of hydrogen-bond acceptors (Lipinski definition) is 4. The third kappa shape index (κ3) is 5.08. The van der Waals surface area contributed by atoms with Crippen LogP contribution in [0.25, 0.3) is 0 Å². The number of rotatable bonds is 7. The first-order valence-corrected chi connectivity index (χ1v) is 8.39. The highest BCUT2D eigenvalue weighted by Gasteiger charge is 2.05. The van der Waals surface area contributed by atoms with E-state index in [-0.39, 0.29) is 5.91 Å². The summed E-state index contributed by atoms with van der Waals surface area (Å²) in [6.07, 6.45) is 2.04. The second-order valence-corrected chi connectivity index (χ2v) is 5.84. The largest absolute Gasteiger partial charge is 0.497 e. The molecule has 5 nitrogen and oxygen atoms in total. The first-order chi connectivity index (χ1) is 12.7. The van der Waals surface area contributed by atoms with Gasteiger partial charge < -0.3 is 15.4 Å². The zero-order valence-corrected chi connectivity index (χ0v) is 14.6. The monoisotopic (exact) mass is 347 g/mol. The maximum Gasteiger partial charge on any atom is 0.229 e. The summed E-state index contributed by atoms with van der Waals surface area (Å²) in [6.45, 7) is 0.686. The lowest BCUT2D eigenvalue weighted by Gasteiger charge is -2.09. The molecule has 2 N–H and O–H groups in total. The van der Waals surface area contributed by atoms with Crippen molar-refractivity contribution in [2.24, 2.45) is 0 Å². The van der Waals surface area contributed by atoms with E-state index in [1.165, 1.54) is 0 Å². The van der Waals surface area contributed by atoms with Gasteiger partial charge in [0.25, 0.3) is 0 Å². The molecular weight excluding hydrogens is 326 g/mol. The van der Waals surface area contributed by atoms with Crippen molar-refractivity contribution in [1.29, 1.82) is 0 Å². The maximum atomic E-state index is 12.1. The fraction of sp³-hybridized carbons (Fsp3) is 0.143. The normalized spacial score (nSPS) is 10.2. The Balaban J connectivity index is 1.50. The van der Waals surface area contributed by atoms with Crippen LogP contribution in [-0.2, 0) is 17.8 Å².